The number of nitrogens with one attached hydrogen (secondary N) is 1. The van der Waals surface area contributed by atoms with Crippen molar-refractivity contribution in [3.63, 3.8) is 0 Å². The van der Waals surface area contributed by atoms with Crippen LogP contribution in [-0.2, 0) is 27.2 Å². The average Bonchev–Trinajstić information content (AvgIpc) is 2.87. The van der Waals surface area contributed by atoms with Gasteiger partial charge in [-0.2, -0.15) is 0 Å². The second-order valence-corrected chi connectivity index (χ2v) is 11.6. The molecule has 1 saturated carbocycles. The highest BCUT2D eigenvalue weighted by molar-refractivity contribution is 5.83. The number of fused-ring (bicyclic) bond motifs is 2. The Morgan fingerprint density at radius 3 is 2.55 bits per heavy atom. The van der Waals surface area contributed by atoms with Crippen molar-refractivity contribution < 1.29 is 28.3 Å². The molecule has 8 heteroatoms. The number of hydrogen-bond acceptors (Lipinski definition) is 7. The number of unbranched alkanes of at least 4 members (excludes halogenated alkanes) is 1. The molecule has 1 unspecified atom stereocenters. The average molecular weight is 527 g/mol. The summed E-state index contributed by atoms with van der Waals surface area (Å²) in [5.41, 5.74) is 2.46. The van der Waals surface area contributed by atoms with Gasteiger partial charge in [-0.15, -0.1) is 0 Å². The summed E-state index contributed by atoms with van der Waals surface area (Å²) in [5.74, 6) is 0.203. The van der Waals surface area contributed by atoms with Gasteiger partial charge in [0.1, 0.15) is 28.6 Å². The minimum atomic E-state index is -0.888. The fourth-order valence-electron chi connectivity index (χ4n) is 5.35. The minimum absolute atomic E-state index is 0.0578. The highest BCUT2D eigenvalue weighted by atomic mass is 16.7. The SMILES string of the molecule is CCCCc1c/c(=N\OC(=O)C(CC)NC(=O)OC(C)(C)C)oc2cc3c(cc12)CCC1(CCCCC1)O3. The van der Waals surface area contributed by atoms with Crippen molar-refractivity contribution in [2.75, 3.05) is 0 Å². The summed E-state index contributed by atoms with van der Waals surface area (Å²) >= 11 is 0. The third kappa shape index (κ3) is 6.88. The molecule has 1 spiro atoms. The van der Waals surface area contributed by atoms with Gasteiger partial charge in [0.15, 0.2) is 0 Å². The molecule has 1 fully saturated rings. The first-order valence-corrected chi connectivity index (χ1v) is 14.1. The quantitative estimate of drug-likeness (QED) is 0.328. The highest BCUT2D eigenvalue weighted by Gasteiger charge is 2.37. The number of amides is 1. The third-order valence-corrected chi connectivity index (χ3v) is 7.37. The standard InChI is InChI=1S/C30H42N2O6/c1-6-8-12-20-18-26(32-38-27(33)23(7-2)31-28(34)37-29(3,4)5)35-25-19-24-21(17-22(20)25)13-16-30(36-24)14-10-9-11-15-30/h17-19,23H,6-16H2,1-5H3,(H,31,34)/b32-26+. The van der Waals surface area contributed by atoms with E-state index in [0.29, 0.717) is 12.0 Å². The number of alkyl carbamates (subject to hydrolysis) is 1. The lowest BCUT2D eigenvalue weighted by molar-refractivity contribution is -0.147. The molecule has 1 aliphatic heterocycles. The molecule has 1 aromatic carbocycles. The Morgan fingerprint density at radius 2 is 1.87 bits per heavy atom. The topological polar surface area (TPSA) is 99.4 Å². The number of ether oxygens (including phenoxy) is 2. The van der Waals surface area contributed by atoms with Crippen LogP contribution in [0.15, 0.2) is 27.8 Å². The van der Waals surface area contributed by atoms with Crippen LogP contribution in [0.1, 0.15) is 104 Å². The molecule has 1 N–H and O–H groups in total. The summed E-state index contributed by atoms with van der Waals surface area (Å²) in [6.45, 7) is 9.21. The smallest absolute Gasteiger partial charge is 0.408 e. The van der Waals surface area contributed by atoms with Crippen LogP contribution in [0.2, 0.25) is 0 Å². The van der Waals surface area contributed by atoms with Gasteiger partial charge in [0.25, 0.3) is 5.55 Å². The number of nitrogens with zero attached hydrogens (tertiary/aromatic N) is 1. The lowest BCUT2D eigenvalue weighted by atomic mass is 9.79. The molecule has 208 valence electrons. The van der Waals surface area contributed by atoms with Gasteiger partial charge < -0.3 is 24.0 Å². The zero-order valence-corrected chi connectivity index (χ0v) is 23.5. The summed E-state index contributed by atoms with van der Waals surface area (Å²) in [4.78, 5) is 30.0. The van der Waals surface area contributed by atoms with Crippen molar-refractivity contribution in [3.05, 3.63) is 34.9 Å². The molecule has 1 aliphatic carbocycles. The summed E-state index contributed by atoms with van der Waals surface area (Å²) in [5, 5.41) is 7.61. The van der Waals surface area contributed by atoms with Gasteiger partial charge in [-0.05, 0) is 101 Å². The van der Waals surface area contributed by atoms with Gasteiger partial charge in [0.2, 0.25) is 0 Å². The van der Waals surface area contributed by atoms with Crippen LogP contribution in [0.5, 0.6) is 5.75 Å². The van der Waals surface area contributed by atoms with Gasteiger partial charge in [0, 0.05) is 17.5 Å². The van der Waals surface area contributed by atoms with Crippen LogP contribution >= 0.6 is 0 Å². The van der Waals surface area contributed by atoms with Crippen molar-refractivity contribution in [1.29, 1.82) is 0 Å². The van der Waals surface area contributed by atoms with Crippen molar-refractivity contribution in [2.45, 2.75) is 122 Å². The highest BCUT2D eigenvalue weighted by Crippen LogP contribution is 2.43. The van der Waals surface area contributed by atoms with E-state index in [1.165, 1.54) is 24.8 Å². The van der Waals surface area contributed by atoms with E-state index in [-0.39, 0.29) is 11.2 Å². The lowest BCUT2D eigenvalue weighted by Gasteiger charge is -2.41. The Labute approximate surface area is 225 Å². The van der Waals surface area contributed by atoms with E-state index < -0.39 is 23.7 Å². The molecular weight excluding hydrogens is 484 g/mol. The summed E-state index contributed by atoms with van der Waals surface area (Å²) in [6.07, 6.45) is 10.6. The monoisotopic (exact) mass is 526 g/mol. The molecule has 1 aromatic heterocycles. The van der Waals surface area contributed by atoms with Crippen molar-refractivity contribution in [1.82, 2.24) is 5.32 Å². The van der Waals surface area contributed by atoms with E-state index in [1.54, 1.807) is 27.7 Å². The van der Waals surface area contributed by atoms with Crippen LogP contribution in [0.3, 0.4) is 0 Å². The number of carbonyl (C=O) groups is 2. The minimum Gasteiger partial charge on any atom is -0.487 e. The predicted octanol–water partition coefficient (Wildman–Crippen LogP) is 6.47. The Hall–Kier alpha value is -3.03. The molecule has 0 saturated heterocycles. The zero-order chi connectivity index (χ0) is 27.3. The molecule has 0 radical (unpaired) electrons. The number of carbonyl (C=O) groups excluding carboxylic acids is 2. The fraction of sp³-hybridized carbons (Fsp3) is 0.633. The third-order valence-electron chi connectivity index (χ3n) is 7.37. The van der Waals surface area contributed by atoms with E-state index >= 15 is 0 Å². The molecule has 2 aliphatic rings. The summed E-state index contributed by atoms with van der Waals surface area (Å²) < 4.78 is 18.0. The molecule has 0 bridgehead atoms. The van der Waals surface area contributed by atoms with Crippen molar-refractivity contribution >= 4 is 23.0 Å². The van der Waals surface area contributed by atoms with Crippen LogP contribution in [-0.4, -0.2) is 29.3 Å². The van der Waals surface area contributed by atoms with Crippen LogP contribution < -0.4 is 15.6 Å². The molecular formula is C30H42N2O6. The van der Waals surface area contributed by atoms with E-state index in [0.717, 1.165) is 61.6 Å². The first kappa shape index (κ1) is 28.0. The van der Waals surface area contributed by atoms with Crippen molar-refractivity contribution in [2.24, 2.45) is 5.16 Å². The van der Waals surface area contributed by atoms with E-state index in [9.17, 15) is 9.59 Å². The number of aryl methyl sites for hydroxylation is 2. The zero-order valence-electron chi connectivity index (χ0n) is 23.5. The molecule has 2 heterocycles. The van der Waals surface area contributed by atoms with Crippen LogP contribution in [0.25, 0.3) is 11.0 Å². The fourth-order valence-corrected chi connectivity index (χ4v) is 5.35. The van der Waals surface area contributed by atoms with Crippen LogP contribution in [0.4, 0.5) is 4.79 Å². The number of rotatable bonds is 7. The lowest BCUT2D eigenvalue weighted by Crippen LogP contribution is -2.43. The number of benzene rings is 1. The largest absolute Gasteiger partial charge is 0.487 e. The van der Waals surface area contributed by atoms with E-state index in [2.05, 4.69) is 23.5 Å². The van der Waals surface area contributed by atoms with Gasteiger partial charge in [-0.25, -0.2) is 9.59 Å². The number of hydrogen-bond donors (Lipinski definition) is 1. The molecule has 4 rings (SSSR count). The normalized spacial score (nSPS) is 18.0. The summed E-state index contributed by atoms with van der Waals surface area (Å²) in [7, 11) is 0. The maximum atomic E-state index is 12.7. The summed E-state index contributed by atoms with van der Waals surface area (Å²) in [6, 6.07) is 5.13. The van der Waals surface area contributed by atoms with Gasteiger partial charge >= 0.3 is 12.1 Å². The van der Waals surface area contributed by atoms with Gasteiger partial charge in [-0.1, -0.05) is 26.7 Å². The van der Waals surface area contributed by atoms with Crippen LogP contribution in [0, 0.1) is 0 Å². The van der Waals surface area contributed by atoms with Gasteiger partial charge in [-0.3, -0.25) is 0 Å². The Morgan fingerprint density at radius 1 is 1.11 bits per heavy atom. The Bertz CT molecular complexity index is 1220. The van der Waals surface area contributed by atoms with E-state index in [4.69, 9.17) is 18.7 Å². The Balaban J connectivity index is 1.59. The second kappa shape index (κ2) is 11.8. The molecule has 38 heavy (non-hydrogen) atoms. The molecule has 8 nitrogen and oxygen atoms in total. The maximum absolute atomic E-state index is 12.7. The van der Waals surface area contributed by atoms with Gasteiger partial charge in [0.05, 0.1) is 0 Å². The molecule has 1 amide bonds. The Kier molecular flexibility index (Phi) is 8.68. The van der Waals surface area contributed by atoms with Crippen molar-refractivity contribution in [3.8, 4) is 5.75 Å². The first-order chi connectivity index (χ1) is 18.1. The first-order valence-electron chi connectivity index (χ1n) is 14.1. The molecule has 2 aromatic rings. The maximum Gasteiger partial charge on any atom is 0.408 e. The molecule has 1 atom stereocenters. The second-order valence-electron chi connectivity index (χ2n) is 11.6. The predicted molar refractivity (Wildman–Crippen MR) is 145 cm³/mol. The van der Waals surface area contributed by atoms with E-state index in [1.807, 2.05) is 12.1 Å².